The van der Waals surface area contributed by atoms with Gasteiger partial charge < -0.3 is 9.51 Å². The molecule has 0 aliphatic carbocycles. The van der Waals surface area contributed by atoms with E-state index in [2.05, 4.69) is 33.9 Å². The molecular weight excluding hydrogens is 280 g/mol. The van der Waals surface area contributed by atoms with Crippen molar-refractivity contribution in [1.82, 2.24) is 20.0 Å². The van der Waals surface area contributed by atoms with Crippen LogP contribution in [0.4, 0.5) is 0 Å². The Kier molecular flexibility index (Phi) is 4.38. The number of likely N-dealkylation sites (tertiary alicyclic amines) is 1. The second-order valence-corrected chi connectivity index (χ2v) is 6.28. The van der Waals surface area contributed by atoms with Crippen molar-refractivity contribution in [1.29, 1.82) is 0 Å². The summed E-state index contributed by atoms with van der Waals surface area (Å²) in [5.41, 5.74) is 1.80. The highest BCUT2D eigenvalue weighted by Crippen LogP contribution is 2.26. The van der Waals surface area contributed by atoms with Crippen LogP contribution in [0.2, 0.25) is 0 Å². The summed E-state index contributed by atoms with van der Waals surface area (Å²) in [7, 11) is 0. The number of piperidine rings is 1. The largest absolute Gasteiger partial charge is 0.360 e. The third-order valence-electron chi connectivity index (χ3n) is 4.17. The molecule has 0 bridgehead atoms. The van der Waals surface area contributed by atoms with Gasteiger partial charge in [-0.15, -0.1) is 0 Å². The molecule has 1 fully saturated rings. The van der Waals surface area contributed by atoms with Gasteiger partial charge in [0, 0.05) is 24.6 Å². The summed E-state index contributed by atoms with van der Waals surface area (Å²) >= 11 is 0. The lowest BCUT2D eigenvalue weighted by Gasteiger charge is -2.31. The van der Waals surface area contributed by atoms with Crippen molar-refractivity contribution in [2.75, 3.05) is 13.1 Å². The summed E-state index contributed by atoms with van der Waals surface area (Å²) < 4.78 is 5.43. The van der Waals surface area contributed by atoms with E-state index in [4.69, 9.17) is 4.52 Å². The van der Waals surface area contributed by atoms with E-state index in [1.54, 1.807) is 6.07 Å². The van der Waals surface area contributed by atoms with Crippen LogP contribution in [0, 0.1) is 0 Å². The maximum atomic E-state index is 11.4. The van der Waals surface area contributed by atoms with Gasteiger partial charge in [0.15, 0.2) is 5.76 Å². The fourth-order valence-corrected chi connectivity index (χ4v) is 2.94. The molecule has 0 saturated carbocycles. The van der Waals surface area contributed by atoms with Crippen molar-refractivity contribution < 1.29 is 4.52 Å². The second kappa shape index (κ2) is 6.44. The number of hydrogen-bond acceptors (Lipinski definition) is 5. The van der Waals surface area contributed by atoms with Crippen molar-refractivity contribution in [3.8, 4) is 0 Å². The molecule has 1 N–H and O–H groups in total. The van der Waals surface area contributed by atoms with Crippen LogP contribution < -0.4 is 5.56 Å². The Hall–Kier alpha value is -1.95. The van der Waals surface area contributed by atoms with Crippen LogP contribution >= 0.6 is 0 Å². The van der Waals surface area contributed by atoms with Crippen molar-refractivity contribution in [3.63, 3.8) is 0 Å². The van der Waals surface area contributed by atoms with Crippen LogP contribution in [0.15, 0.2) is 27.8 Å². The molecule has 22 heavy (non-hydrogen) atoms. The van der Waals surface area contributed by atoms with Gasteiger partial charge in [0.1, 0.15) is 0 Å². The van der Waals surface area contributed by atoms with E-state index >= 15 is 0 Å². The van der Waals surface area contributed by atoms with E-state index in [0.717, 1.165) is 49.6 Å². The number of nitrogens with one attached hydrogen (secondary N) is 1. The summed E-state index contributed by atoms with van der Waals surface area (Å²) in [5, 5.41) is 4.11. The van der Waals surface area contributed by atoms with E-state index in [9.17, 15) is 4.79 Å². The van der Waals surface area contributed by atoms with E-state index in [-0.39, 0.29) is 5.56 Å². The fourth-order valence-electron chi connectivity index (χ4n) is 2.94. The van der Waals surface area contributed by atoms with Gasteiger partial charge in [-0.1, -0.05) is 19.0 Å². The predicted molar refractivity (Wildman–Crippen MR) is 82.7 cm³/mol. The van der Waals surface area contributed by atoms with E-state index in [0.29, 0.717) is 11.8 Å². The number of H-pyrrole nitrogens is 1. The lowest BCUT2D eigenvalue weighted by molar-refractivity contribution is 0.178. The lowest BCUT2D eigenvalue weighted by Crippen LogP contribution is -2.34. The Morgan fingerprint density at radius 3 is 3.05 bits per heavy atom. The van der Waals surface area contributed by atoms with Gasteiger partial charge in [-0.25, -0.2) is 4.98 Å². The number of nitrogens with zero attached hydrogens (tertiary/aromatic N) is 3. The van der Waals surface area contributed by atoms with Gasteiger partial charge in [-0.2, -0.15) is 0 Å². The lowest BCUT2D eigenvalue weighted by atomic mass is 9.94. The summed E-state index contributed by atoms with van der Waals surface area (Å²) in [5.74, 6) is 1.60. The molecule has 1 aliphatic rings. The topological polar surface area (TPSA) is 75.0 Å². The first-order valence-electron chi connectivity index (χ1n) is 7.84. The third-order valence-corrected chi connectivity index (χ3v) is 4.17. The minimum atomic E-state index is -0.0843. The van der Waals surface area contributed by atoms with Gasteiger partial charge in [-0.3, -0.25) is 9.69 Å². The van der Waals surface area contributed by atoms with E-state index < -0.39 is 0 Å². The van der Waals surface area contributed by atoms with Crippen molar-refractivity contribution in [3.05, 3.63) is 46.0 Å². The molecule has 0 amide bonds. The zero-order valence-electron chi connectivity index (χ0n) is 13.1. The first-order valence-corrected chi connectivity index (χ1v) is 7.84. The Bertz CT molecular complexity index is 677. The average Bonchev–Trinajstić information content (AvgIpc) is 2.96. The highest BCUT2D eigenvalue weighted by atomic mass is 16.5. The molecule has 3 heterocycles. The van der Waals surface area contributed by atoms with Crippen LogP contribution in [0.5, 0.6) is 0 Å². The first-order chi connectivity index (χ1) is 10.6. The van der Waals surface area contributed by atoms with Gasteiger partial charge in [0.25, 0.3) is 5.56 Å². The molecule has 0 spiro atoms. The first kappa shape index (κ1) is 15.0. The minimum Gasteiger partial charge on any atom is -0.360 e. The second-order valence-electron chi connectivity index (χ2n) is 6.28. The Balaban J connectivity index is 1.66. The average molecular weight is 302 g/mol. The molecule has 1 aliphatic heterocycles. The smallest absolute Gasteiger partial charge is 0.250 e. The zero-order valence-corrected chi connectivity index (χ0v) is 13.1. The molecule has 118 valence electrons. The number of rotatable bonds is 4. The van der Waals surface area contributed by atoms with E-state index in [1.807, 2.05) is 6.07 Å². The van der Waals surface area contributed by atoms with Gasteiger partial charge >= 0.3 is 0 Å². The Morgan fingerprint density at radius 2 is 2.32 bits per heavy atom. The van der Waals surface area contributed by atoms with Crippen LogP contribution in [0.1, 0.15) is 55.7 Å². The normalized spacial score (nSPS) is 19.7. The number of aromatic nitrogens is 3. The molecule has 2 aromatic rings. The predicted octanol–water partition coefficient (Wildman–Crippen LogP) is 2.26. The molecule has 6 heteroatoms. The molecule has 1 saturated heterocycles. The fraction of sp³-hybridized carbons (Fsp3) is 0.562. The van der Waals surface area contributed by atoms with Crippen LogP contribution in [-0.2, 0) is 6.54 Å². The van der Waals surface area contributed by atoms with Gasteiger partial charge in [0.05, 0.1) is 24.3 Å². The monoisotopic (exact) mass is 302 g/mol. The highest BCUT2D eigenvalue weighted by Gasteiger charge is 2.23. The van der Waals surface area contributed by atoms with Crippen molar-refractivity contribution in [2.24, 2.45) is 0 Å². The molecular formula is C16H22N4O2. The molecule has 2 aromatic heterocycles. The van der Waals surface area contributed by atoms with Gasteiger partial charge in [0.2, 0.25) is 0 Å². The van der Waals surface area contributed by atoms with Crippen molar-refractivity contribution >= 4 is 0 Å². The van der Waals surface area contributed by atoms with Crippen LogP contribution in [0.25, 0.3) is 0 Å². The van der Waals surface area contributed by atoms with Crippen molar-refractivity contribution in [2.45, 2.75) is 45.1 Å². The summed E-state index contributed by atoms with van der Waals surface area (Å²) in [6.07, 6.45) is 3.66. The SMILES string of the molecule is CC(C)c1cc(CN2CCC[C@H](c3cc(=O)[nH]cn3)C2)on1. The highest BCUT2D eigenvalue weighted by molar-refractivity contribution is 5.11. The molecule has 0 aromatic carbocycles. The molecule has 3 rings (SSSR count). The zero-order chi connectivity index (χ0) is 15.5. The van der Waals surface area contributed by atoms with Gasteiger partial charge in [-0.05, 0) is 25.3 Å². The molecule has 6 nitrogen and oxygen atoms in total. The molecule has 1 atom stereocenters. The van der Waals surface area contributed by atoms with Crippen LogP contribution in [0.3, 0.4) is 0 Å². The number of hydrogen-bond donors (Lipinski definition) is 1. The maximum absolute atomic E-state index is 11.4. The maximum Gasteiger partial charge on any atom is 0.250 e. The minimum absolute atomic E-state index is 0.0843. The third kappa shape index (κ3) is 3.44. The Labute approximate surface area is 129 Å². The standard InChI is InChI=1S/C16H22N4O2/c1-11(2)14-6-13(22-19-14)9-20-5-3-4-12(8-20)15-7-16(21)18-10-17-15/h6-7,10-12H,3-5,8-9H2,1-2H3,(H,17,18,21)/t12-/m0/s1. The summed E-state index contributed by atoms with van der Waals surface area (Å²) in [6.45, 7) is 6.92. The molecule has 0 unspecified atom stereocenters. The molecule has 0 radical (unpaired) electrons. The Morgan fingerprint density at radius 1 is 1.45 bits per heavy atom. The summed E-state index contributed by atoms with van der Waals surface area (Å²) in [4.78, 5) is 20.7. The quantitative estimate of drug-likeness (QED) is 0.937. The summed E-state index contributed by atoms with van der Waals surface area (Å²) in [6, 6.07) is 3.65. The van der Waals surface area contributed by atoms with E-state index in [1.165, 1.54) is 6.33 Å². The number of aromatic amines is 1. The van der Waals surface area contributed by atoms with Crippen LogP contribution in [-0.4, -0.2) is 33.1 Å².